The molecule has 0 aromatic heterocycles. The van der Waals surface area contributed by atoms with Gasteiger partial charge in [0.1, 0.15) is 11.6 Å². The fraction of sp³-hybridized carbons (Fsp3) is 0.222. The predicted molar refractivity (Wildman–Crippen MR) is 125 cm³/mol. The second-order valence-corrected chi connectivity index (χ2v) is 8.21. The number of rotatable bonds is 7. The molecule has 34 heavy (non-hydrogen) atoms. The summed E-state index contributed by atoms with van der Waals surface area (Å²) in [5, 5.41) is 0. The van der Waals surface area contributed by atoms with E-state index in [4.69, 9.17) is 14.2 Å². The van der Waals surface area contributed by atoms with Gasteiger partial charge >= 0.3 is 17.9 Å². The molecule has 1 aliphatic carbocycles. The van der Waals surface area contributed by atoms with Crippen molar-refractivity contribution in [2.24, 2.45) is 0 Å². The summed E-state index contributed by atoms with van der Waals surface area (Å²) < 4.78 is 31.3. The molecule has 0 heterocycles. The van der Waals surface area contributed by atoms with Gasteiger partial charge in [-0.3, -0.25) is 0 Å². The number of carbonyl (C=O) groups excluding carboxylic acids is 3. The van der Waals surface area contributed by atoms with E-state index in [9.17, 15) is 14.4 Å². The number of esters is 3. The maximum Gasteiger partial charge on any atom is 0.338 e. The lowest BCUT2D eigenvalue weighted by molar-refractivity contribution is -0.132. The van der Waals surface area contributed by atoms with E-state index in [1.807, 2.05) is 0 Å². The van der Waals surface area contributed by atoms with Crippen molar-refractivity contribution in [1.29, 1.82) is 0 Å². The van der Waals surface area contributed by atoms with Crippen LogP contribution in [0, 0.1) is 5.82 Å². The lowest BCUT2D eigenvalue weighted by Gasteiger charge is -2.17. The molecule has 0 unspecified atom stereocenters. The topological polar surface area (TPSA) is 78.9 Å². The van der Waals surface area contributed by atoms with Crippen LogP contribution < -0.4 is 14.2 Å². The highest BCUT2D eigenvalue weighted by Crippen LogP contribution is 2.42. The van der Waals surface area contributed by atoms with E-state index in [1.165, 1.54) is 19.9 Å². The third-order valence-electron chi connectivity index (χ3n) is 5.22. The van der Waals surface area contributed by atoms with Gasteiger partial charge in [0.2, 0.25) is 0 Å². The molecule has 0 bridgehead atoms. The summed E-state index contributed by atoms with van der Waals surface area (Å²) >= 11 is 0. The predicted octanol–water partition coefficient (Wildman–Crippen LogP) is 5.43. The van der Waals surface area contributed by atoms with Gasteiger partial charge in [-0.1, -0.05) is 25.8 Å². The van der Waals surface area contributed by atoms with E-state index < -0.39 is 23.7 Å². The molecule has 2 aromatic rings. The number of benzene rings is 2. The average molecular weight is 464 g/mol. The first kappa shape index (κ1) is 24.6. The van der Waals surface area contributed by atoms with Gasteiger partial charge in [-0.25, -0.2) is 18.8 Å². The molecule has 0 N–H and O–H groups in total. The fourth-order valence-corrected chi connectivity index (χ4v) is 3.48. The van der Waals surface area contributed by atoms with E-state index in [0.29, 0.717) is 24.2 Å². The molecule has 0 saturated heterocycles. The molecule has 176 valence electrons. The Bertz CT molecular complexity index is 1250. The van der Waals surface area contributed by atoms with Crippen molar-refractivity contribution < 1.29 is 33.0 Å². The summed E-state index contributed by atoms with van der Waals surface area (Å²) in [6.07, 6.45) is 2.11. The molecule has 0 fully saturated rings. The van der Waals surface area contributed by atoms with Crippen LogP contribution in [0.4, 0.5) is 4.39 Å². The summed E-state index contributed by atoms with van der Waals surface area (Å²) in [5.41, 5.74) is 2.83. The molecular formula is C27H25FO6. The Morgan fingerprint density at radius 3 is 1.71 bits per heavy atom. The quantitative estimate of drug-likeness (QED) is 0.309. The minimum atomic E-state index is -0.788. The summed E-state index contributed by atoms with van der Waals surface area (Å²) in [6.45, 7) is 15.1. The minimum Gasteiger partial charge on any atom is -0.423 e. The van der Waals surface area contributed by atoms with Crippen molar-refractivity contribution in [3.05, 3.63) is 77.7 Å². The molecule has 0 spiro atoms. The molecule has 1 aliphatic rings. The Hall–Kier alpha value is -4.00. The highest BCUT2D eigenvalue weighted by Gasteiger charge is 2.25. The number of hydrogen-bond donors (Lipinski definition) is 0. The smallest absolute Gasteiger partial charge is 0.338 e. The summed E-state index contributed by atoms with van der Waals surface area (Å²) in [7, 11) is 0. The average Bonchev–Trinajstić information content (AvgIpc) is 3.26. The Kier molecular flexibility index (Phi) is 7.15. The van der Waals surface area contributed by atoms with Crippen molar-refractivity contribution in [3.63, 3.8) is 0 Å². The van der Waals surface area contributed by atoms with Gasteiger partial charge in [-0.05, 0) is 68.9 Å². The summed E-state index contributed by atoms with van der Waals surface area (Å²) in [5.74, 6) is -2.74. The Morgan fingerprint density at radius 2 is 1.18 bits per heavy atom. The monoisotopic (exact) mass is 464 g/mol. The van der Waals surface area contributed by atoms with Crippen LogP contribution in [-0.2, 0) is 27.2 Å². The van der Waals surface area contributed by atoms with Gasteiger partial charge in [0.05, 0.1) is 0 Å². The zero-order valence-corrected chi connectivity index (χ0v) is 19.4. The third-order valence-corrected chi connectivity index (χ3v) is 5.22. The maximum atomic E-state index is 15.3. The van der Waals surface area contributed by atoms with Gasteiger partial charge in [0.25, 0.3) is 0 Å². The molecule has 6 nitrogen and oxygen atoms in total. The number of fused-ring (bicyclic) bond motifs is 1. The number of ether oxygens (including phenoxy) is 3. The van der Waals surface area contributed by atoms with Gasteiger partial charge in [-0.15, -0.1) is 0 Å². The van der Waals surface area contributed by atoms with Crippen LogP contribution in [0.5, 0.6) is 17.2 Å². The fourth-order valence-electron chi connectivity index (χ4n) is 3.48. The SMILES string of the molecule is C=C(C)C(=O)Oc1cc(F)c(-c2ccc(OC(=O)C(=C)C)c3c2CCC3)cc1OC(=O)C(=C)C. The van der Waals surface area contributed by atoms with E-state index in [-0.39, 0.29) is 33.8 Å². The minimum absolute atomic E-state index is 0.0966. The molecule has 3 rings (SSSR count). The molecule has 0 radical (unpaired) electrons. The van der Waals surface area contributed by atoms with Crippen LogP contribution in [0.3, 0.4) is 0 Å². The van der Waals surface area contributed by atoms with Crippen LogP contribution in [0.15, 0.2) is 60.7 Å². The number of halogens is 1. The van der Waals surface area contributed by atoms with E-state index >= 15 is 4.39 Å². The Balaban J connectivity index is 2.11. The van der Waals surface area contributed by atoms with Crippen LogP contribution >= 0.6 is 0 Å². The van der Waals surface area contributed by atoms with E-state index in [1.54, 1.807) is 19.1 Å². The van der Waals surface area contributed by atoms with Crippen molar-refractivity contribution in [2.45, 2.75) is 40.0 Å². The third kappa shape index (κ3) is 5.14. The van der Waals surface area contributed by atoms with E-state index in [0.717, 1.165) is 23.6 Å². The largest absolute Gasteiger partial charge is 0.423 e. The zero-order valence-electron chi connectivity index (χ0n) is 19.4. The molecule has 7 heteroatoms. The molecule has 0 amide bonds. The van der Waals surface area contributed by atoms with Crippen LogP contribution in [-0.4, -0.2) is 17.9 Å². The second-order valence-electron chi connectivity index (χ2n) is 8.21. The van der Waals surface area contributed by atoms with Crippen molar-refractivity contribution in [3.8, 4) is 28.4 Å². The van der Waals surface area contributed by atoms with Gasteiger partial charge < -0.3 is 14.2 Å². The van der Waals surface area contributed by atoms with Crippen LogP contribution in [0.2, 0.25) is 0 Å². The van der Waals surface area contributed by atoms with Crippen molar-refractivity contribution in [2.75, 3.05) is 0 Å². The van der Waals surface area contributed by atoms with Gasteiger partial charge in [-0.2, -0.15) is 0 Å². The first-order chi connectivity index (χ1) is 16.0. The lowest BCUT2D eigenvalue weighted by Crippen LogP contribution is -2.13. The molecule has 0 aliphatic heterocycles. The summed E-state index contributed by atoms with van der Waals surface area (Å²) in [6, 6.07) is 5.56. The van der Waals surface area contributed by atoms with Gasteiger partial charge in [0.15, 0.2) is 11.5 Å². The first-order valence-corrected chi connectivity index (χ1v) is 10.6. The summed E-state index contributed by atoms with van der Waals surface area (Å²) in [4.78, 5) is 36.2. The number of carbonyl (C=O) groups is 3. The lowest BCUT2D eigenvalue weighted by atomic mass is 9.95. The first-order valence-electron chi connectivity index (χ1n) is 10.6. The zero-order chi connectivity index (χ0) is 25.2. The maximum absolute atomic E-state index is 15.3. The Morgan fingerprint density at radius 1 is 0.706 bits per heavy atom. The van der Waals surface area contributed by atoms with Gasteiger partial charge in [0, 0.05) is 28.3 Å². The molecular weight excluding hydrogens is 439 g/mol. The molecule has 0 saturated carbocycles. The van der Waals surface area contributed by atoms with Crippen molar-refractivity contribution >= 4 is 17.9 Å². The normalized spacial score (nSPS) is 11.9. The standard InChI is InChI=1S/C27H25FO6/c1-14(2)25(29)32-22-11-10-18(17-8-7-9-19(17)22)20-12-23(33-26(30)15(3)4)24(13-21(20)28)34-27(31)16(5)6/h10-13H,1,3,5,7-9H2,2,4,6H3. The van der Waals surface area contributed by atoms with Crippen LogP contribution in [0.25, 0.3) is 11.1 Å². The molecule has 2 aromatic carbocycles. The van der Waals surface area contributed by atoms with Crippen molar-refractivity contribution in [1.82, 2.24) is 0 Å². The Labute approximate surface area is 197 Å². The van der Waals surface area contributed by atoms with Crippen LogP contribution in [0.1, 0.15) is 38.3 Å². The highest BCUT2D eigenvalue weighted by atomic mass is 19.1. The van der Waals surface area contributed by atoms with E-state index in [2.05, 4.69) is 19.7 Å². The number of hydrogen-bond acceptors (Lipinski definition) is 6. The second kappa shape index (κ2) is 9.87. The highest BCUT2D eigenvalue weighted by molar-refractivity contribution is 5.92. The molecule has 0 atom stereocenters.